The molecule has 4 rings (SSSR count). The number of aromatic nitrogens is 1. The zero-order valence-corrected chi connectivity index (χ0v) is 19.3. The summed E-state index contributed by atoms with van der Waals surface area (Å²) in [4.78, 5) is 18.6. The molecule has 1 atom stereocenters. The summed E-state index contributed by atoms with van der Waals surface area (Å²) in [7, 11) is 3.89. The van der Waals surface area contributed by atoms with Gasteiger partial charge in [-0.2, -0.15) is 13.2 Å². The zero-order valence-electron chi connectivity index (χ0n) is 19.3. The molecule has 0 saturated heterocycles. The fourth-order valence-corrected chi connectivity index (χ4v) is 4.17. The predicted molar refractivity (Wildman–Crippen MR) is 129 cm³/mol. The van der Waals surface area contributed by atoms with E-state index in [-0.39, 0.29) is 17.5 Å². The Hall–Kier alpha value is -3.55. The number of nitrogens with zero attached hydrogens (tertiary/aromatic N) is 2. The molecule has 0 aliphatic heterocycles. The lowest BCUT2D eigenvalue weighted by molar-refractivity contribution is -0.140. The summed E-state index contributed by atoms with van der Waals surface area (Å²) in [5.74, 6) is -0.191. The van der Waals surface area contributed by atoms with Gasteiger partial charge in [0.25, 0.3) is 5.91 Å². The molecular formula is C26H27F3N4O. The molecule has 1 heterocycles. The van der Waals surface area contributed by atoms with E-state index in [0.29, 0.717) is 23.1 Å². The van der Waals surface area contributed by atoms with Crippen LogP contribution >= 0.6 is 0 Å². The van der Waals surface area contributed by atoms with Crippen LogP contribution in [-0.2, 0) is 6.18 Å². The van der Waals surface area contributed by atoms with E-state index >= 15 is 0 Å². The van der Waals surface area contributed by atoms with Crippen molar-refractivity contribution in [3.8, 4) is 0 Å². The highest BCUT2D eigenvalue weighted by atomic mass is 19.4. The number of benzene rings is 2. The van der Waals surface area contributed by atoms with Crippen LogP contribution in [0.4, 0.5) is 24.5 Å². The molecule has 0 fully saturated rings. The second-order valence-corrected chi connectivity index (χ2v) is 8.75. The van der Waals surface area contributed by atoms with Crippen molar-refractivity contribution < 1.29 is 18.0 Å². The molecule has 3 aromatic rings. The number of anilines is 2. The zero-order chi connectivity index (χ0) is 24.5. The van der Waals surface area contributed by atoms with Crippen molar-refractivity contribution in [2.24, 2.45) is 0 Å². The summed E-state index contributed by atoms with van der Waals surface area (Å²) < 4.78 is 40.2. The van der Waals surface area contributed by atoms with Gasteiger partial charge in [-0.25, -0.2) is 4.98 Å². The number of carbonyl (C=O) groups is 1. The fourth-order valence-electron chi connectivity index (χ4n) is 4.17. The highest BCUT2D eigenvalue weighted by Gasteiger charge is 2.33. The number of carbonyl (C=O) groups excluding carboxylic acids is 1. The number of hydrogen-bond acceptors (Lipinski definition) is 4. The summed E-state index contributed by atoms with van der Waals surface area (Å²) in [6.07, 6.45) is -0.398. The standard InChI is InChI=1S/C26H27F3N4O/c1-16-13-19(33(2)3)11-12-20(16)25(34)31-18-8-6-7-17(14-18)30-23-15-24(26(27,28)29)32-22-10-5-4-9-21(22)23/h4-5,9-15,17H,6-8H2,1-3H3,(H,30,32)(H,31,34)/t17-/m0/s1. The van der Waals surface area contributed by atoms with Gasteiger partial charge in [0.15, 0.2) is 0 Å². The topological polar surface area (TPSA) is 57.3 Å². The van der Waals surface area contributed by atoms with Gasteiger partial charge in [-0.3, -0.25) is 4.79 Å². The summed E-state index contributed by atoms with van der Waals surface area (Å²) in [6, 6.07) is 13.3. The Morgan fingerprint density at radius 2 is 1.88 bits per heavy atom. The molecule has 0 saturated carbocycles. The molecule has 8 heteroatoms. The number of allylic oxidation sites excluding steroid dienone is 1. The first-order valence-electron chi connectivity index (χ1n) is 11.2. The van der Waals surface area contributed by atoms with Crippen LogP contribution in [0.15, 0.2) is 60.3 Å². The molecule has 178 valence electrons. The monoisotopic (exact) mass is 468 g/mol. The minimum absolute atomic E-state index is 0.191. The Labute approximate surface area is 196 Å². The van der Waals surface area contributed by atoms with Gasteiger partial charge in [-0.1, -0.05) is 18.2 Å². The predicted octanol–water partition coefficient (Wildman–Crippen LogP) is 5.91. The number of fused-ring (bicyclic) bond motifs is 1. The number of aryl methyl sites for hydroxylation is 1. The fraction of sp³-hybridized carbons (Fsp3) is 0.308. The second-order valence-electron chi connectivity index (χ2n) is 8.75. The van der Waals surface area contributed by atoms with Crippen molar-refractivity contribution in [1.82, 2.24) is 10.3 Å². The minimum atomic E-state index is -4.54. The van der Waals surface area contributed by atoms with Crippen molar-refractivity contribution in [2.45, 2.75) is 38.4 Å². The first-order chi connectivity index (χ1) is 16.1. The lowest BCUT2D eigenvalue weighted by Gasteiger charge is -2.25. The van der Waals surface area contributed by atoms with Crippen molar-refractivity contribution in [3.05, 3.63) is 77.1 Å². The summed E-state index contributed by atoms with van der Waals surface area (Å²) in [6.45, 7) is 1.90. The van der Waals surface area contributed by atoms with E-state index in [9.17, 15) is 18.0 Å². The van der Waals surface area contributed by atoms with Gasteiger partial charge in [0.2, 0.25) is 0 Å². The van der Waals surface area contributed by atoms with Crippen LogP contribution < -0.4 is 15.5 Å². The Kier molecular flexibility index (Phi) is 6.50. The molecule has 5 nitrogen and oxygen atoms in total. The van der Waals surface area contributed by atoms with Crippen molar-refractivity contribution in [3.63, 3.8) is 0 Å². The summed E-state index contributed by atoms with van der Waals surface area (Å²) in [5.41, 5.74) is 2.97. The van der Waals surface area contributed by atoms with Crippen molar-refractivity contribution >= 4 is 28.2 Å². The maximum atomic E-state index is 13.4. The van der Waals surface area contributed by atoms with E-state index in [2.05, 4.69) is 15.6 Å². The van der Waals surface area contributed by atoms with E-state index in [1.165, 1.54) is 0 Å². The van der Waals surface area contributed by atoms with E-state index in [4.69, 9.17) is 0 Å². The van der Waals surface area contributed by atoms with Gasteiger partial charge < -0.3 is 15.5 Å². The molecule has 0 spiro atoms. The van der Waals surface area contributed by atoms with Crippen LogP contribution in [0.3, 0.4) is 0 Å². The average molecular weight is 469 g/mol. The Morgan fingerprint density at radius 1 is 1.12 bits per heavy atom. The minimum Gasteiger partial charge on any atom is -0.378 e. The molecule has 1 aliphatic carbocycles. The number of pyridine rings is 1. The van der Waals surface area contributed by atoms with Crippen LogP contribution in [0.25, 0.3) is 10.9 Å². The van der Waals surface area contributed by atoms with E-state index in [1.807, 2.05) is 44.1 Å². The molecule has 0 unspecified atom stereocenters. The number of halogens is 3. The quantitative estimate of drug-likeness (QED) is 0.489. The highest BCUT2D eigenvalue weighted by molar-refractivity contribution is 5.97. The van der Waals surface area contributed by atoms with Gasteiger partial charge in [0.05, 0.1) is 5.52 Å². The first-order valence-corrected chi connectivity index (χ1v) is 11.2. The maximum absolute atomic E-state index is 13.4. The van der Waals surface area contributed by atoms with Gasteiger partial charge in [-0.05, 0) is 68.2 Å². The molecule has 34 heavy (non-hydrogen) atoms. The van der Waals surface area contributed by atoms with E-state index < -0.39 is 11.9 Å². The SMILES string of the molecule is Cc1cc(N(C)C)ccc1C(=O)NC1=C[C@@H](Nc2cc(C(F)(F)F)nc3ccccc23)CCC1. The number of nitrogens with one attached hydrogen (secondary N) is 2. The molecule has 2 aromatic carbocycles. The van der Waals surface area contributed by atoms with Gasteiger partial charge >= 0.3 is 6.18 Å². The van der Waals surface area contributed by atoms with Crippen LogP contribution in [0.2, 0.25) is 0 Å². The Balaban J connectivity index is 1.56. The smallest absolute Gasteiger partial charge is 0.378 e. The second kappa shape index (κ2) is 9.37. The molecule has 0 radical (unpaired) electrons. The van der Waals surface area contributed by atoms with Crippen LogP contribution in [0.5, 0.6) is 0 Å². The Bertz CT molecular complexity index is 1250. The summed E-state index contributed by atoms with van der Waals surface area (Å²) >= 11 is 0. The average Bonchev–Trinajstić information content (AvgIpc) is 2.78. The van der Waals surface area contributed by atoms with E-state index in [0.717, 1.165) is 35.9 Å². The number of amides is 1. The first kappa shape index (κ1) is 23.6. The number of rotatable bonds is 5. The van der Waals surface area contributed by atoms with Crippen LogP contribution in [0.1, 0.15) is 40.9 Å². The normalized spacial score (nSPS) is 16.2. The third kappa shape index (κ3) is 5.16. The van der Waals surface area contributed by atoms with Crippen molar-refractivity contribution in [1.29, 1.82) is 0 Å². The molecule has 2 N–H and O–H groups in total. The van der Waals surface area contributed by atoms with Crippen LogP contribution in [-0.4, -0.2) is 31.0 Å². The number of para-hydroxylation sites is 1. The van der Waals surface area contributed by atoms with Gasteiger partial charge in [-0.15, -0.1) is 0 Å². The largest absolute Gasteiger partial charge is 0.433 e. The summed E-state index contributed by atoms with van der Waals surface area (Å²) in [5, 5.41) is 6.85. The highest BCUT2D eigenvalue weighted by Crippen LogP contribution is 2.34. The number of hydrogen-bond donors (Lipinski definition) is 2. The third-order valence-corrected chi connectivity index (χ3v) is 5.96. The molecular weight excluding hydrogens is 441 g/mol. The molecule has 1 amide bonds. The lowest BCUT2D eigenvalue weighted by Crippen LogP contribution is -2.29. The van der Waals surface area contributed by atoms with Crippen molar-refractivity contribution in [2.75, 3.05) is 24.3 Å². The molecule has 1 aliphatic rings. The van der Waals surface area contributed by atoms with Gasteiger partial charge in [0, 0.05) is 48.2 Å². The molecule has 1 aromatic heterocycles. The Morgan fingerprint density at radius 3 is 2.59 bits per heavy atom. The molecule has 0 bridgehead atoms. The maximum Gasteiger partial charge on any atom is 0.433 e. The van der Waals surface area contributed by atoms with E-state index in [1.54, 1.807) is 30.3 Å². The van der Waals surface area contributed by atoms with Crippen LogP contribution in [0, 0.1) is 6.92 Å². The number of alkyl halides is 3. The lowest BCUT2D eigenvalue weighted by atomic mass is 9.98. The van der Waals surface area contributed by atoms with Gasteiger partial charge in [0.1, 0.15) is 5.69 Å². The third-order valence-electron chi connectivity index (χ3n) is 5.96.